The Morgan fingerprint density at radius 2 is 2.27 bits per heavy atom. The van der Waals surface area contributed by atoms with Crippen LogP contribution in [0.25, 0.3) is 0 Å². The van der Waals surface area contributed by atoms with Crippen LogP contribution in [0.1, 0.15) is 37.8 Å². The Balaban J connectivity index is 1.79. The number of hydrogen-bond donors (Lipinski definition) is 2. The molecule has 0 saturated carbocycles. The topological polar surface area (TPSA) is 71.0 Å². The summed E-state index contributed by atoms with van der Waals surface area (Å²) in [7, 11) is 1.64. The third kappa shape index (κ3) is 2.55. The van der Waals surface area contributed by atoms with Gasteiger partial charge < -0.3 is 24.8 Å². The predicted molar refractivity (Wildman–Crippen MR) is 97.5 cm³/mol. The number of amides is 2. The van der Waals surface area contributed by atoms with Gasteiger partial charge in [-0.25, -0.2) is 4.79 Å². The molecule has 2 N–H and O–H groups in total. The fraction of sp³-hybridized carbons (Fsp3) is 0.550. The molecule has 1 aromatic carbocycles. The molecule has 140 valence electrons. The molecular formula is C20H26N2O4. The number of ether oxygens (including phenoxy) is 2. The van der Waals surface area contributed by atoms with E-state index in [1.807, 2.05) is 37.0 Å². The highest BCUT2D eigenvalue weighted by Gasteiger charge is 2.53. The van der Waals surface area contributed by atoms with Crippen molar-refractivity contribution in [3.8, 4) is 11.5 Å². The Hall–Kier alpha value is -2.21. The lowest BCUT2D eigenvalue weighted by Crippen LogP contribution is -2.45. The largest absolute Gasteiger partial charge is 0.493 e. The molecule has 1 aliphatic carbocycles. The van der Waals surface area contributed by atoms with Crippen molar-refractivity contribution in [2.75, 3.05) is 13.7 Å². The number of aliphatic hydroxyl groups is 1. The van der Waals surface area contributed by atoms with Crippen LogP contribution in [0.5, 0.6) is 11.5 Å². The quantitative estimate of drug-likeness (QED) is 0.796. The first kappa shape index (κ1) is 17.2. The molecule has 2 amide bonds. The second-order valence-electron chi connectivity index (χ2n) is 7.72. The van der Waals surface area contributed by atoms with E-state index in [1.165, 1.54) is 0 Å². The highest BCUT2D eigenvalue weighted by Crippen LogP contribution is 2.55. The van der Waals surface area contributed by atoms with Gasteiger partial charge in [-0.15, -0.1) is 0 Å². The van der Waals surface area contributed by atoms with Gasteiger partial charge in [-0.05, 0) is 31.9 Å². The average Bonchev–Trinajstić information content (AvgIpc) is 2.82. The van der Waals surface area contributed by atoms with Crippen molar-refractivity contribution in [3.05, 3.63) is 35.4 Å². The summed E-state index contributed by atoms with van der Waals surface area (Å²) in [4.78, 5) is 14.5. The first-order valence-corrected chi connectivity index (χ1v) is 9.24. The van der Waals surface area contributed by atoms with Crippen LogP contribution in [0.4, 0.5) is 4.79 Å². The molecular weight excluding hydrogens is 332 g/mol. The number of aliphatic hydroxyl groups excluding tert-OH is 1. The smallest absolute Gasteiger partial charge is 0.317 e. The molecule has 0 aromatic heterocycles. The van der Waals surface area contributed by atoms with Gasteiger partial charge in [-0.3, -0.25) is 0 Å². The summed E-state index contributed by atoms with van der Waals surface area (Å²) in [5.41, 5.74) is 1.89. The van der Waals surface area contributed by atoms with Crippen molar-refractivity contribution in [1.29, 1.82) is 0 Å². The molecule has 3 aliphatic rings. The lowest BCUT2D eigenvalue weighted by Gasteiger charge is -2.35. The number of benzene rings is 1. The van der Waals surface area contributed by atoms with E-state index in [0.717, 1.165) is 23.3 Å². The Labute approximate surface area is 153 Å². The van der Waals surface area contributed by atoms with Crippen molar-refractivity contribution in [2.45, 2.75) is 56.9 Å². The van der Waals surface area contributed by atoms with Crippen LogP contribution in [-0.4, -0.2) is 47.9 Å². The van der Waals surface area contributed by atoms with Gasteiger partial charge in [0, 0.05) is 31.1 Å². The van der Waals surface area contributed by atoms with Crippen LogP contribution in [0.2, 0.25) is 0 Å². The van der Waals surface area contributed by atoms with E-state index >= 15 is 0 Å². The summed E-state index contributed by atoms with van der Waals surface area (Å²) in [6.45, 7) is 5.10. The number of nitrogens with one attached hydrogen (secondary N) is 1. The number of nitrogens with zero attached hydrogens (tertiary/aromatic N) is 1. The molecule has 0 bridgehead atoms. The first-order valence-electron chi connectivity index (χ1n) is 9.24. The number of methoxy groups -OCH3 is 1. The molecule has 1 spiro atoms. The summed E-state index contributed by atoms with van der Waals surface area (Å²) in [5, 5.41) is 13.1. The second kappa shape index (κ2) is 6.20. The number of carbonyl (C=O) groups is 1. The summed E-state index contributed by atoms with van der Waals surface area (Å²) in [6.07, 6.45) is 4.62. The minimum absolute atomic E-state index is 0.0433. The highest BCUT2D eigenvalue weighted by atomic mass is 16.5. The Bertz CT molecular complexity index is 760. The molecule has 4 rings (SSSR count). The molecule has 6 heteroatoms. The predicted octanol–water partition coefficient (Wildman–Crippen LogP) is 2.34. The van der Waals surface area contributed by atoms with Crippen LogP contribution < -0.4 is 14.8 Å². The van der Waals surface area contributed by atoms with Gasteiger partial charge in [0.25, 0.3) is 0 Å². The first-order chi connectivity index (χ1) is 12.4. The zero-order valence-corrected chi connectivity index (χ0v) is 15.5. The zero-order chi connectivity index (χ0) is 18.5. The van der Waals surface area contributed by atoms with Crippen LogP contribution in [-0.2, 0) is 12.0 Å². The van der Waals surface area contributed by atoms with Crippen LogP contribution in [0, 0.1) is 0 Å². The van der Waals surface area contributed by atoms with Gasteiger partial charge in [0.2, 0.25) is 0 Å². The monoisotopic (exact) mass is 358 g/mol. The van der Waals surface area contributed by atoms with Crippen LogP contribution in [0.3, 0.4) is 0 Å². The maximum Gasteiger partial charge on any atom is 0.317 e. The summed E-state index contributed by atoms with van der Waals surface area (Å²) in [6, 6.07) is 3.99. The Morgan fingerprint density at radius 1 is 1.46 bits per heavy atom. The molecule has 3 atom stereocenters. The van der Waals surface area contributed by atoms with Gasteiger partial charge in [-0.1, -0.05) is 18.2 Å². The maximum atomic E-state index is 12.6. The van der Waals surface area contributed by atoms with Crippen molar-refractivity contribution in [1.82, 2.24) is 10.2 Å². The van der Waals surface area contributed by atoms with Gasteiger partial charge in [0.1, 0.15) is 6.10 Å². The number of rotatable bonds is 2. The molecule has 0 fully saturated rings. The fourth-order valence-corrected chi connectivity index (χ4v) is 4.45. The van der Waals surface area contributed by atoms with E-state index in [1.54, 1.807) is 7.11 Å². The SMILES string of the molecule is COc1ccc2c3c1O[C@H]1CC(O)C=CC31CCN(C(=O)NC(C)C)C2. The van der Waals surface area contributed by atoms with Crippen molar-refractivity contribution < 1.29 is 19.4 Å². The fourth-order valence-electron chi connectivity index (χ4n) is 4.45. The highest BCUT2D eigenvalue weighted by molar-refractivity contribution is 5.75. The molecule has 6 nitrogen and oxygen atoms in total. The summed E-state index contributed by atoms with van der Waals surface area (Å²) < 4.78 is 11.8. The van der Waals surface area contributed by atoms with Crippen molar-refractivity contribution in [3.63, 3.8) is 0 Å². The third-order valence-corrected chi connectivity index (χ3v) is 5.66. The molecule has 0 saturated heterocycles. The number of carbonyl (C=O) groups excluding carboxylic acids is 1. The minimum atomic E-state index is -0.502. The van der Waals surface area contributed by atoms with E-state index in [4.69, 9.17) is 9.47 Å². The maximum absolute atomic E-state index is 12.6. The van der Waals surface area contributed by atoms with Crippen molar-refractivity contribution in [2.24, 2.45) is 0 Å². The average molecular weight is 358 g/mol. The van der Waals surface area contributed by atoms with Gasteiger partial charge >= 0.3 is 6.03 Å². The zero-order valence-electron chi connectivity index (χ0n) is 15.5. The van der Waals surface area contributed by atoms with E-state index in [9.17, 15) is 9.90 Å². The van der Waals surface area contributed by atoms with E-state index in [2.05, 4.69) is 11.4 Å². The van der Waals surface area contributed by atoms with Crippen LogP contribution >= 0.6 is 0 Å². The Kier molecular flexibility index (Phi) is 4.10. The summed E-state index contributed by atoms with van der Waals surface area (Å²) >= 11 is 0. The lowest BCUT2D eigenvalue weighted by atomic mass is 9.69. The molecule has 2 aliphatic heterocycles. The Morgan fingerprint density at radius 3 is 3.00 bits per heavy atom. The summed E-state index contributed by atoms with van der Waals surface area (Å²) in [5.74, 6) is 1.47. The normalized spacial score (nSPS) is 28.9. The van der Waals surface area contributed by atoms with Crippen LogP contribution in [0.15, 0.2) is 24.3 Å². The number of hydrogen-bond acceptors (Lipinski definition) is 4. The molecule has 26 heavy (non-hydrogen) atoms. The van der Waals surface area contributed by atoms with E-state index in [-0.39, 0.29) is 23.6 Å². The molecule has 1 aromatic rings. The van der Waals surface area contributed by atoms with Gasteiger partial charge in [0.05, 0.1) is 18.6 Å². The van der Waals surface area contributed by atoms with E-state index < -0.39 is 6.10 Å². The molecule has 0 radical (unpaired) electrons. The third-order valence-electron chi connectivity index (χ3n) is 5.66. The minimum Gasteiger partial charge on any atom is -0.493 e. The van der Waals surface area contributed by atoms with Crippen molar-refractivity contribution >= 4 is 6.03 Å². The standard InChI is InChI=1S/C20H26N2O4/c1-12(2)21-19(24)22-9-8-20-7-6-14(23)10-16(20)26-18-15(25-3)5-4-13(11-22)17(18)20/h4-7,12,14,16,23H,8-11H2,1-3H3,(H,21,24)/t14?,16-,20?/m0/s1. The van der Waals surface area contributed by atoms with Gasteiger partial charge in [-0.2, -0.15) is 0 Å². The molecule has 2 heterocycles. The lowest BCUT2D eigenvalue weighted by molar-refractivity contribution is 0.0820. The second-order valence-corrected chi connectivity index (χ2v) is 7.72. The molecule has 2 unspecified atom stereocenters. The number of urea groups is 1. The van der Waals surface area contributed by atoms with E-state index in [0.29, 0.717) is 25.3 Å². The van der Waals surface area contributed by atoms with Gasteiger partial charge in [0.15, 0.2) is 11.5 Å².